The molecule has 0 aliphatic heterocycles. The molecule has 3 rings (SSSR count). The van der Waals surface area contributed by atoms with Crippen LogP contribution in [0.4, 0.5) is 0 Å². The van der Waals surface area contributed by atoms with Gasteiger partial charge < -0.3 is 5.32 Å². The third kappa shape index (κ3) is 2.68. The number of rotatable bonds is 4. The molecule has 1 aromatic heterocycles. The van der Waals surface area contributed by atoms with E-state index in [0.717, 1.165) is 11.5 Å². The average Bonchev–Trinajstić information content (AvgIpc) is 3.12. The maximum absolute atomic E-state index is 6.28. The maximum atomic E-state index is 6.28. The Labute approximate surface area is 127 Å². The highest BCUT2D eigenvalue weighted by molar-refractivity contribution is 7.15. The fourth-order valence-electron chi connectivity index (χ4n) is 2.40. The Balaban J connectivity index is 1.94. The topological polar surface area (TPSA) is 12.0 Å². The summed E-state index contributed by atoms with van der Waals surface area (Å²) in [6.45, 7) is 0. The molecule has 0 saturated heterocycles. The Hall–Kier alpha value is -0.540. The van der Waals surface area contributed by atoms with Crippen molar-refractivity contribution in [1.82, 2.24) is 5.32 Å². The van der Waals surface area contributed by atoms with Gasteiger partial charge in [-0.15, -0.1) is 11.3 Å². The minimum absolute atomic E-state index is 0.483. The van der Waals surface area contributed by atoms with Crippen LogP contribution < -0.4 is 5.32 Å². The molecule has 0 spiro atoms. The van der Waals surface area contributed by atoms with Crippen molar-refractivity contribution in [3.05, 3.63) is 45.3 Å². The Morgan fingerprint density at radius 2 is 2.00 bits per heavy atom. The first-order valence-corrected chi connectivity index (χ1v) is 7.99. The summed E-state index contributed by atoms with van der Waals surface area (Å²) < 4.78 is 0. The van der Waals surface area contributed by atoms with Crippen molar-refractivity contribution >= 4 is 34.5 Å². The molecule has 19 heavy (non-hydrogen) atoms. The predicted octanol–water partition coefficient (Wildman–Crippen LogP) is 5.39. The highest BCUT2D eigenvalue weighted by Gasteiger charge is 2.32. The standard InChI is InChI=1S/C15H15Cl2NS/c1-18-15(9-5-6-9)13-8-7-12(19-13)10-3-2-4-11(16)14(10)17/h2-4,7-9,15,18H,5-6H2,1H3. The van der Waals surface area contributed by atoms with E-state index in [-0.39, 0.29) is 0 Å². The fourth-order valence-corrected chi connectivity index (χ4v) is 4.10. The van der Waals surface area contributed by atoms with E-state index in [0.29, 0.717) is 16.1 Å². The van der Waals surface area contributed by atoms with Gasteiger partial charge in [0.1, 0.15) is 0 Å². The van der Waals surface area contributed by atoms with Crippen LogP contribution in [0.25, 0.3) is 10.4 Å². The highest BCUT2D eigenvalue weighted by atomic mass is 35.5. The Kier molecular flexibility index (Phi) is 3.86. The molecule has 0 radical (unpaired) electrons. The second-order valence-electron chi connectivity index (χ2n) is 4.91. The average molecular weight is 312 g/mol. The second-order valence-corrected chi connectivity index (χ2v) is 6.81. The van der Waals surface area contributed by atoms with Crippen molar-refractivity contribution in [2.75, 3.05) is 7.05 Å². The largest absolute Gasteiger partial charge is 0.312 e. The van der Waals surface area contributed by atoms with E-state index in [9.17, 15) is 0 Å². The minimum atomic E-state index is 0.483. The highest BCUT2D eigenvalue weighted by Crippen LogP contribution is 2.45. The van der Waals surface area contributed by atoms with Gasteiger partial charge in [0.15, 0.2) is 0 Å². The van der Waals surface area contributed by atoms with Crippen molar-refractivity contribution in [1.29, 1.82) is 0 Å². The van der Waals surface area contributed by atoms with Crippen molar-refractivity contribution < 1.29 is 0 Å². The molecule has 2 aromatic rings. The van der Waals surface area contributed by atoms with Gasteiger partial charge in [0.2, 0.25) is 0 Å². The number of benzene rings is 1. The summed E-state index contributed by atoms with van der Waals surface area (Å²) in [4.78, 5) is 2.57. The summed E-state index contributed by atoms with van der Waals surface area (Å²) in [5.41, 5.74) is 1.02. The number of thiophene rings is 1. The van der Waals surface area contributed by atoms with Gasteiger partial charge in [0, 0.05) is 21.4 Å². The predicted molar refractivity (Wildman–Crippen MR) is 84.3 cm³/mol. The molecule has 0 amide bonds. The lowest BCUT2D eigenvalue weighted by Crippen LogP contribution is -2.16. The van der Waals surface area contributed by atoms with Gasteiger partial charge in [-0.3, -0.25) is 0 Å². The number of hydrogen-bond donors (Lipinski definition) is 1. The molecule has 1 heterocycles. The summed E-state index contributed by atoms with van der Waals surface area (Å²) in [5, 5.41) is 4.68. The minimum Gasteiger partial charge on any atom is -0.312 e. The van der Waals surface area contributed by atoms with Crippen molar-refractivity contribution in [2.45, 2.75) is 18.9 Å². The zero-order valence-electron chi connectivity index (χ0n) is 10.6. The van der Waals surface area contributed by atoms with E-state index in [1.54, 1.807) is 11.3 Å². The van der Waals surface area contributed by atoms with Crippen molar-refractivity contribution in [3.8, 4) is 10.4 Å². The van der Waals surface area contributed by atoms with Gasteiger partial charge in [-0.1, -0.05) is 35.3 Å². The molecule has 1 aliphatic rings. The molecule has 1 saturated carbocycles. The Morgan fingerprint density at radius 1 is 1.21 bits per heavy atom. The molecule has 4 heteroatoms. The first kappa shape index (κ1) is 13.4. The molecule has 1 aliphatic carbocycles. The molecule has 1 aromatic carbocycles. The van der Waals surface area contributed by atoms with E-state index >= 15 is 0 Å². The first-order valence-electron chi connectivity index (χ1n) is 6.42. The molecule has 100 valence electrons. The van der Waals surface area contributed by atoms with Crippen molar-refractivity contribution in [2.24, 2.45) is 5.92 Å². The van der Waals surface area contributed by atoms with Crippen LogP contribution in [-0.2, 0) is 0 Å². The summed E-state index contributed by atoms with van der Waals surface area (Å²) in [6, 6.07) is 10.6. The molecule has 1 fully saturated rings. The summed E-state index contributed by atoms with van der Waals surface area (Å²) in [5.74, 6) is 0.798. The third-order valence-electron chi connectivity index (χ3n) is 3.55. The zero-order valence-corrected chi connectivity index (χ0v) is 12.9. The van der Waals surface area contributed by atoms with Crippen LogP contribution >= 0.6 is 34.5 Å². The normalized spacial score (nSPS) is 16.6. The second kappa shape index (κ2) is 5.45. The molecule has 1 nitrogen and oxygen atoms in total. The summed E-state index contributed by atoms with van der Waals surface area (Å²) in [6.07, 6.45) is 2.66. The maximum Gasteiger partial charge on any atom is 0.0678 e. The third-order valence-corrected chi connectivity index (χ3v) is 5.58. The number of hydrogen-bond acceptors (Lipinski definition) is 2. The van der Waals surface area contributed by atoms with Gasteiger partial charge in [-0.05, 0) is 44.0 Å². The molecule has 1 atom stereocenters. The van der Waals surface area contributed by atoms with Crippen LogP contribution in [0.5, 0.6) is 0 Å². The number of nitrogens with one attached hydrogen (secondary N) is 1. The number of halogens is 2. The first-order chi connectivity index (χ1) is 9.20. The SMILES string of the molecule is CNC(c1ccc(-c2cccc(Cl)c2Cl)s1)C1CC1. The monoisotopic (exact) mass is 311 g/mol. The lowest BCUT2D eigenvalue weighted by Gasteiger charge is -2.12. The lowest BCUT2D eigenvalue weighted by molar-refractivity contribution is 0.537. The molecule has 1 unspecified atom stereocenters. The summed E-state index contributed by atoms with van der Waals surface area (Å²) in [7, 11) is 2.04. The van der Waals surface area contributed by atoms with E-state index in [4.69, 9.17) is 23.2 Å². The van der Waals surface area contributed by atoms with Gasteiger partial charge in [0.05, 0.1) is 10.0 Å². The Morgan fingerprint density at radius 3 is 2.68 bits per heavy atom. The van der Waals surface area contributed by atoms with Crippen LogP contribution in [-0.4, -0.2) is 7.05 Å². The van der Waals surface area contributed by atoms with E-state index in [1.165, 1.54) is 22.6 Å². The quantitative estimate of drug-likeness (QED) is 0.798. The van der Waals surface area contributed by atoms with Crippen molar-refractivity contribution in [3.63, 3.8) is 0 Å². The van der Waals surface area contributed by atoms with Gasteiger partial charge in [-0.2, -0.15) is 0 Å². The van der Waals surface area contributed by atoms with Crippen LogP contribution in [0.1, 0.15) is 23.8 Å². The van der Waals surface area contributed by atoms with Crippen LogP contribution in [0.2, 0.25) is 10.0 Å². The van der Waals surface area contributed by atoms with E-state index < -0.39 is 0 Å². The van der Waals surface area contributed by atoms with Gasteiger partial charge in [-0.25, -0.2) is 0 Å². The van der Waals surface area contributed by atoms with E-state index in [1.807, 2.05) is 25.2 Å². The molecule has 0 bridgehead atoms. The molecular weight excluding hydrogens is 297 g/mol. The van der Waals surface area contributed by atoms with Gasteiger partial charge in [0.25, 0.3) is 0 Å². The fraction of sp³-hybridized carbons (Fsp3) is 0.333. The molecular formula is C15H15Cl2NS. The molecule has 1 N–H and O–H groups in total. The van der Waals surface area contributed by atoms with E-state index in [2.05, 4.69) is 17.4 Å². The van der Waals surface area contributed by atoms with Crippen LogP contribution in [0, 0.1) is 5.92 Å². The van der Waals surface area contributed by atoms with Crippen LogP contribution in [0.15, 0.2) is 30.3 Å². The van der Waals surface area contributed by atoms with Gasteiger partial charge >= 0.3 is 0 Å². The lowest BCUT2D eigenvalue weighted by atomic mass is 10.1. The summed E-state index contributed by atoms with van der Waals surface area (Å²) >= 11 is 14.2. The Bertz CT molecular complexity index is 590. The van der Waals surface area contributed by atoms with Crippen LogP contribution in [0.3, 0.4) is 0 Å². The smallest absolute Gasteiger partial charge is 0.0678 e. The zero-order chi connectivity index (χ0) is 13.4.